The number of hydrazine groups is 1. The lowest BCUT2D eigenvalue weighted by atomic mass is 9.81. The highest BCUT2D eigenvalue weighted by atomic mass is 16.3. The molecule has 0 saturated carbocycles. The van der Waals surface area contributed by atoms with Gasteiger partial charge in [-0.3, -0.25) is 15.3 Å². The normalized spacial score (nSPS) is 29.7. The smallest absolute Gasteiger partial charge is 0.128 e. The van der Waals surface area contributed by atoms with Gasteiger partial charge in [0.05, 0.1) is 18.3 Å². The molecule has 0 aromatic carbocycles. The van der Waals surface area contributed by atoms with Crippen LogP contribution in [-0.2, 0) is 0 Å². The number of piperazine rings is 1. The van der Waals surface area contributed by atoms with Gasteiger partial charge in [-0.25, -0.2) is 10.4 Å². The van der Waals surface area contributed by atoms with E-state index in [2.05, 4.69) is 55.2 Å². The molecule has 8 heteroatoms. The Morgan fingerprint density at radius 2 is 1.97 bits per heavy atom. The van der Waals surface area contributed by atoms with Crippen molar-refractivity contribution < 1.29 is 5.11 Å². The highest BCUT2D eigenvalue weighted by molar-refractivity contribution is 5.40. The molecule has 3 fully saturated rings. The van der Waals surface area contributed by atoms with E-state index in [4.69, 9.17) is 10.1 Å². The Labute approximate surface area is 177 Å². The Balaban J connectivity index is 1.29. The summed E-state index contributed by atoms with van der Waals surface area (Å²) in [6.07, 6.45) is 4.85. The minimum absolute atomic E-state index is 0.201. The fourth-order valence-corrected chi connectivity index (χ4v) is 5.03. The molecular weight excluding hydrogens is 378 g/mol. The van der Waals surface area contributed by atoms with Crippen LogP contribution in [0.4, 0.5) is 5.82 Å². The van der Waals surface area contributed by atoms with Gasteiger partial charge in [0.15, 0.2) is 0 Å². The predicted molar refractivity (Wildman–Crippen MR) is 116 cm³/mol. The van der Waals surface area contributed by atoms with Crippen molar-refractivity contribution in [3.63, 3.8) is 0 Å². The van der Waals surface area contributed by atoms with Crippen LogP contribution in [0.3, 0.4) is 0 Å². The summed E-state index contributed by atoms with van der Waals surface area (Å²) in [6.45, 7) is 5.76. The van der Waals surface area contributed by atoms with Crippen LogP contribution in [0.2, 0.25) is 0 Å². The Morgan fingerprint density at radius 1 is 1.07 bits per heavy atom. The maximum atomic E-state index is 9.16. The van der Waals surface area contributed by atoms with Crippen LogP contribution < -0.4 is 21.1 Å². The number of pyridine rings is 2. The van der Waals surface area contributed by atoms with Crippen LogP contribution in [0, 0.1) is 5.92 Å². The van der Waals surface area contributed by atoms with Gasteiger partial charge in [0, 0.05) is 69.7 Å². The summed E-state index contributed by atoms with van der Waals surface area (Å²) in [5.41, 5.74) is 9.37. The molecule has 3 saturated heterocycles. The van der Waals surface area contributed by atoms with Crippen molar-refractivity contribution in [3.05, 3.63) is 54.0 Å². The number of hydrogen-bond donors (Lipinski definition) is 4. The number of aliphatic hydroxyl groups excluding tert-OH is 1. The van der Waals surface area contributed by atoms with Crippen LogP contribution in [-0.4, -0.2) is 71.9 Å². The zero-order valence-electron chi connectivity index (χ0n) is 17.2. The van der Waals surface area contributed by atoms with Crippen molar-refractivity contribution in [3.8, 4) is 0 Å². The first kappa shape index (κ1) is 19.8. The topological polar surface area (TPSA) is 88.6 Å². The summed E-state index contributed by atoms with van der Waals surface area (Å²) < 4.78 is 0. The van der Waals surface area contributed by atoms with E-state index in [9.17, 15) is 0 Å². The molecule has 0 bridgehead atoms. The summed E-state index contributed by atoms with van der Waals surface area (Å²) in [6, 6.07) is 11.5. The standard InChI is InChI=1S/C22H31N7O/c30-12-11-28-7-9-29(10-8-28)21-5-1-4-18(25-21)22-17-13-19(16-3-2-6-23-14-16)24-15-20(17)26-27-22/h1-6,14,17,19-20,22,24,26-27,30H,7-13,15H2. The van der Waals surface area contributed by atoms with Gasteiger partial charge >= 0.3 is 0 Å². The first-order valence-electron chi connectivity index (χ1n) is 11.0. The van der Waals surface area contributed by atoms with E-state index in [0.717, 1.165) is 57.2 Å². The van der Waals surface area contributed by atoms with E-state index in [-0.39, 0.29) is 12.6 Å². The second-order valence-electron chi connectivity index (χ2n) is 8.49. The van der Waals surface area contributed by atoms with Crippen molar-refractivity contribution in [2.75, 3.05) is 50.8 Å². The van der Waals surface area contributed by atoms with E-state index in [1.165, 1.54) is 5.56 Å². The molecule has 0 spiro atoms. The monoisotopic (exact) mass is 409 g/mol. The summed E-state index contributed by atoms with van der Waals surface area (Å²) >= 11 is 0. The fourth-order valence-electron chi connectivity index (χ4n) is 5.03. The summed E-state index contributed by atoms with van der Waals surface area (Å²) in [7, 11) is 0. The maximum Gasteiger partial charge on any atom is 0.128 e. The largest absolute Gasteiger partial charge is 0.395 e. The van der Waals surface area contributed by atoms with Crippen molar-refractivity contribution in [2.45, 2.75) is 24.5 Å². The molecule has 3 aliphatic heterocycles. The van der Waals surface area contributed by atoms with Gasteiger partial charge < -0.3 is 15.3 Å². The van der Waals surface area contributed by atoms with Crippen molar-refractivity contribution in [1.29, 1.82) is 0 Å². The molecule has 2 aromatic heterocycles. The number of nitrogens with zero attached hydrogens (tertiary/aromatic N) is 4. The molecular formula is C22H31N7O. The summed E-state index contributed by atoms with van der Waals surface area (Å²) in [5, 5.41) is 12.8. The Kier molecular flexibility index (Phi) is 5.92. The minimum atomic E-state index is 0.201. The Hall–Kier alpha value is -2.10. The Bertz CT molecular complexity index is 827. The molecule has 5 rings (SSSR count). The van der Waals surface area contributed by atoms with E-state index < -0.39 is 0 Å². The zero-order valence-corrected chi connectivity index (χ0v) is 17.2. The molecule has 8 nitrogen and oxygen atoms in total. The molecule has 0 aliphatic carbocycles. The average Bonchev–Trinajstić information content (AvgIpc) is 3.24. The number of hydrogen-bond acceptors (Lipinski definition) is 8. The number of fused-ring (bicyclic) bond motifs is 1. The molecule has 2 aromatic rings. The molecule has 30 heavy (non-hydrogen) atoms. The van der Waals surface area contributed by atoms with Gasteiger partial charge in [-0.2, -0.15) is 0 Å². The van der Waals surface area contributed by atoms with E-state index in [1.54, 1.807) is 0 Å². The first-order valence-corrected chi connectivity index (χ1v) is 11.0. The number of nitrogens with one attached hydrogen (secondary N) is 3. The number of anilines is 1. The van der Waals surface area contributed by atoms with Gasteiger partial charge in [0.25, 0.3) is 0 Å². The van der Waals surface area contributed by atoms with Crippen molar-refractivity contribution in [2.24, 2.45) is 5.92 Å². The molecule has 0 amide bonds. The van der Waals surface area contributed by atoms with Crippen LogP contribution in [0.15, 0.2) is 42.7 Å². The average molecular weight is 410 g/mol. The lowest BCUT2D eigenvalue weighted by molar-refractivity contribution is 0.188. The molecule has 3 aliphatic rings. The number of piperidine rings is 1. The second kappa shape index (κ2) is 8.95. The van der Waals surface area contributed by atoms with E-state index in [0.29, 0.717) is 18.0 Å². The molecule has 5 heterocycles. The number of aliphatic hydroxyl groups is 1. The quantitative estimate of drug-likeness (QED) is 0.567. The van der Waals surface area contributed by atoms with E-state index in [1.807, 2.05) is 18.5 Å². The number of aromatic nitrogens is 2. The first-order chi connectivity index (χ1) is 14.8. The number of β-amino-alcohol motifs (C(OH)–C–C–N with tert-alkyl or cyclic N) is 1. The van der Waals surface area contributed by atoms with Gasteiger partial charge in [-0.05, 0) is 30.2 Å². The molecule has 0 radical (unpaired) electrons. The second-order valence-corrected chi connectivity index (χ2v) is 8.49. The van der Waals surface area contributed by atoms with Gasteiger partial charge in [-0.1, -0.05) is 12.1 Å². The molecule has 160 valence electrons. The van der Waals surface area contributed by atoms with Crippen LogP contribution in [0.5, 0.6) is 0 Å². The van der Waals surface area contributed by atoms with Gasteiger partial charge in [-0.15, -0.1) is 0 Å². The summed E-state index contributed by atoms with van der Waals surface area (Å²) in [5.74, 6) is 1.53. The minimum Gasteiger partial charge on any atom is -0.395 e. The van der Waals surface area contributed by atoms with Crippen LogP contribution in [0.25, 0.3) is 0 Å². The SMILES string of the molecule is OCCN1CCN(c2cccc(C3NNC4CNC(c5cccnc5)CC43)n2)CC1. The van der Waals surface area contributed by atoms with Gasteiger partial charge in [0.2, 0.25) is 0 Å². The third kappa shape index (κ3) is 4.06. The molecule has 4 atom stereocenters. The third-order valence-electron chi connectivity index (χ3n) is 6.74. The Morgan fingerprint density at radius 3 is 2.77 bits per heavy atom. The van der Waals surface area contributed by atoms with Crippen molar-refractivity contribution >= 4 is 5.82 Å². The predicted octanol–water partition coefficient (Wildman–Crippen LogP) is 0.459. The lowest BCUT2D eigenvalue weighted by Gasteiger charge is -2.36. The highest BCUT2D eigenvalue weighted by Gasteiger charge is 2.42. The highest BCUT2D eigenvalue weighted by Crippen LogP contribution is 2.38. The van der Waals surface area contributed by atoms with Crippen LogP contribution >= 0.6 is 0 Å². The van der Waals surface area contributed by atoms with Gasteiger partial charge in [0.1, 0.15) is 5.82 Å². The fraction of sp³-hybridized carbons (Fsp3) is 0.545. The number of rotatable bonds is 5. The zero-order chi connectivity index (χ0) is 20.3. The van der Waals surface area contributed by atoms with Crippen molar-refractivity contribution in [1.82, 2.24) is 31.0 Å². The maximum absolute atomic E-state index is 9.16. The summed E-state index contributed by atoms with van der Waals surface area (Å²) in [4.78, 5) is 14.0. The lowest BCUT2D eigenvalue weighted by Crippen LogP contribution is -2.47. The molecule has 4 N–H and O–H groups in total. The third-order valence-corrected chi connectivity index (χ3v) is 6.74. The molecule has 4 unspecified atom stereocenters. The van der Waals surface area contributed by atoms with Crippen LogP contribution in [0.1, 0.15) is 29.8 Å². The van der Waals surface area contributed by atoms with E-state index >= 15 is 0 Å².